The van der Waals surface area contributed by atoms with Gasteiger partial charge in [-0.3, -0.25) is 4.79 Å². The molecule has 0 fully saturated rings. The molecule has 0 radical (unpaired) electrons. The summed E-state index contributed by atoms with van der Waals surface area (Å²) in [5, 5.41) is 9.45. The minimum atomic E-state index is -0.985. The van der Waals surface area contributed by atoms with E-state index in [0.29, 0.717) is 6.42 Å². The zero-order valence-corrected chi connectivity index (χ0v) is 9.52. The van der Waals surface area contributed by atoms with E-state index in [0.717, 1.165) is 37.8 Å². The number of rotatable bonds is 0. The van der Waals surface area contributed by atoms with Gasteiger partial charge in [-0.15, -0.1) is 0 Å². The van der Waals surface area contributed by atoms with Crippen molar-refractivity contribution in [3.63, 3.8) is 0 Å². The topological polar surface area (TPSA) is 63.6 Å². The molecule has 2 atom stereocenters. The molecule has 0 saturated carbocycles. The van der Waals surface area contributed by atoms with Gasteiger partial charge in [-0.1, -0.05) is 12.8 Å². The number of ether oxygens (including phenoxy) is 1. The van der Waals surface area contributed by atoms with Crippen LogP contribution < -0.4 is 0 Å². The lowest BCUT2D eigenvalue weighted by molar-refractivity contribution is -0.142. The number of aliphatic hydroxyl groups is 1. The van der Waals surface area contributed by atoms with Gasteiger partial charge in [0.15, 0.2) is 5.78 Å². The predicted molar refractivity (Wildman–Crippen MR) is 58.8 cm³/mol. The maximum atomic E-state index is 11.3. The molecule has 4 nitrogen and oxygen atoms in total. The van der Waals surface area contributed by atoms with E-state index in [1.165, 1.54) is 0 Å². The van der Waals surface area contributed by atoms with Crippen LogP contribution in [0.25, 0.3) is 0 Å². The summed E-state index contributed by atoms with van der Waals surface area (Å²) in [6, 6.07) is 0. The first-order valence-electron chi connectivity index (χ1n) is 5.70. The lowest BCUT2D eigenvalue weighted by Gasteiger charge is -2.13. The van der Waals surface area contributed by atoms with Gasteiger partial charge in [0.2, 0.25) is 0 Å². The number of aliphatic hydroxyl groups excluding tert-OH is 1. The molecule has 0 aromatic heterocycles. The van der Waals surface area contributed by atoms with Gasteiger partial charge in [-0.25, -0.2) is 4.79 Å². The Kier molecular flexibility index (Phi) is 5.19. The summed E-state index contributed by atoms with van der Waals surface area (Å²) in [5.41, 5.74) is 0. The maximum Gasteiger partial charge on any atom is 0.331 e. The number of hydrogen-bond donors (Lipinski definition) is 1. The van der Waals surface area contributed by atoms with Crippen LogP contribution in [-0.2, 0) is 14.3 Å². The fraction of sp³-hybridized carbons (Fsp3) is 0.667. The Morgan fingerprint density at radius 2 is 1.88 bits per heavy atom. The van der Waals surface area contributed by atoms with Crippen LogP contribution in [0.2, 0.25) is 0 Å². The molecule has 16 heavy (non-hydrogen) atoms. The molecular weight excluding hydrogens is 208 g/mol. The maximum absolute atomic E-state index is 11.3. The second-order valence-electron chi connectivity index (χ2n) is 4.14. The van der Waals surface area contributed by atoms with E-state index >= 15 is 0 Å². The average Bonchev–Trinajstić information content (AvgIpc) is 2.23. The first-order chi connectivity index (χ1) is 7.59. The van der Waals surface area contributed by atoms with Crippen LogP contribution in [0.15, 0.2) is 12.2 Å². The fourth-order valence-corrected chi connectivity index (χ4v) is 1.65. The van der Waals surface area contributed by atoms with Crippen molar-refractivity contribution >= 4 is 11.8 Å². The van der Waals surface area contributed by atoms with E-state index in [1.807, 2.05) is 6.92 Å². The van der Waals surface area contributed by atoms with E-state index < -0.39 is 17.9 Å². The third kappa shape index (κ3) is 4.57. The first kappa shape index (κ1) is 12.9. The molecule has 1 heterocycles. The van der Waals surface area contributed by atoms with Crippen LogP contribution in [0.4, 0.5) is 0 Å². The highest BCUT2D eigenvalue weighted by molar-refractivity contribution is 5.98. The third-order valence-electron chi connectivity index (χ3n) is 2.62. The smallest absolute Gasteiger partial charge is 0.331 e. The van der Waals surface area contributed by atoms with Crippen LogP contribution in [0.5, 0.6) is 0 Å². The third-order valence-corrected chi connectivity index (χ3v) is 2.62. The lowest BCUT2D eigenvalue weighted by Crippen LogP contribution is -2.20. The van der Waals surface area contributed by atoms with Gasteiger partial charge >= 0.3 is 5.97 Å². The van der Waals surface area contributed by atoms with E-state index in [1.54, 1.807) is 0 Å². The fourth-order valence-electron chi connectivity index (χ4n) is 1.65. The average molecular weight is 226 g/mol. The molecule has 1 N–H and O–H groups in total. The summed E-state index contributed by atoms with van der Waals surface area (Å²) in [7, 11) is 0. The van der Waals surface area contributed by atoms with Crippen LogP contribution in [0, 0.1) is 0 Å². The quantitative estimate of drug-likeness (QED) is 0.634. The molecule has 0 spiro atoms. The lowest BCUT2D eigenvalue weighted by atomic mass is 10.0. The van der Waals surface area contributed by atoms with Crippen LogP contribution >= 0.6 is 0 Å². The van der Waals surface area contributed by atoms with Crippen molar-refractivity contribution in [3.8, 4) is 0 Å². The van der Waals surface area contributed by atoms with Crippen molar-refractivity contribution in [3.05, 3.63) is 12.2 Å². The zero-order chi connectivity index (χ0) is 12.0. The minimum absolute atomic E-state index is 0.114. The van der Waals surface area contributed by atoms with Crippen molar-refractivity contribution in [1.29, 1.82) is 0 Å². The highest BCUT2D eigenvalue weighted by Crippen LogP contribution is 2.11. The Balaban J connectivity index is 2.61. The normalized spacial score (nSPS) is 31.1. The Morgan fingerprint density at radius 1 is 1.19 bits per heavy atom. The van der Waals surface area contributed by atoms with Crippen LogP contribution in [-0.4, -0.2) is 29.1 Å². The number of cyclic esters (lactones) is 1. The first-order valence-corrected chi connectivity index (χ1v) is 5.70. The SMILES string of the molecule is C[C@@H]1CCCCC[C@H](O)C(=O)/C=C/C(=O)O1. The van der Waals surface area contributed by atoms with E-state index in [2.05, 4.69) is 0 Å². The molecule has 0 amide bonds. The number of carbonyl (C=O) groups is 2. The summed E-state index contributed by atoms with van der Waals surface area (Å²) in [4.78, 5) is 22.5. The zero-order valence-electron chi connectivity index (χ0n) is 9.52. The molecule has 1 aliphatic rings. The molecule has 1 aliphatic heterocycles. The number of esters is 1. The van der Waals surface area contributed by atoms with Gasteiger partial charge in [0.25, 0.3) is 0 Å². The molecule has 0 bridgehead atoms. The Bertz CT molecular complexity index is 283. The Morgan fingerprint density at radius 3 is 2.62 bits per heavy atom. The van der Waals surface area contributed by atoms with Crippen molar-refractivity contribution in [2.45, 2.75) is 51.2 Å². The summed E-state index contributed by atoms with van der Waals surface area (Å²) in [5.74, 6) is -0.946. The van der Waals surface area contributed by atoms with Crippen molar-refractivity contribution in [1.82, 2.24) is 0 Å². The number of carbonyl (C=O) groups excluding carboxylic acids is 2. The van der Waals surface area contributed by atoms with E-state index in [-0.39, 0.29) is 6.10 Å². The molecule has 0 aliphatic carbocycles. The van der Waals surface area contributed by atoms with E-state index in [4.69, 9.17) is 4.74 Å². The largest absolute Gasteiger partial charge is 0.460 e. The number of hydrogen-bond acceptors (Lipinski definition) is 4. The van der Waals surface area contributed by atoms with E-state index in [9.17, 15) is 14.7 Å². The van der Waals surface area contributed by atoms with Gasteiger partial charge in [0.1, 0.15) is 6.10 Å². The van der Waals surface area contributed by atoms with Gasteiger partial charge < -0.3 is 9.84 Å². The Hall–Kier alpha value is -1.16. The van der Waals surface area contributed by atoms with Gasteiger partial charge in [0.05, 0.1) is 6.10 Å². The predicted octanol–water partition coefficient (Wildman–Crippen LogP) is 1.37. The highest BCUT2D eigenvalue weighted by atomic mass is 16.5. The monoisotopic (exact) mass is 226 g/mol. The van der Waals surface area contributed by atoms with Gasteiger partial charge in [-0.2, -0.15) is 0 Å². The highest BCUT2D eigenvalue weighted by Gasteiger charge is 2.14. The molecule has 0 aromatic carbocycles. The molecule has 0 unspecified atom stereocenters. The van der Waals surface area contributed by atoms with Crippen molar-refractivity contribution in [2.24, 2.45) is 0 Å². The summed E-state index contributed by atoms with van der Waals surface area (Å²) in [6.07, 6.45) is 5.08. The second kappa shape index (κ2) is 6.43. The van der Waals surface area contributed by atoms with Crippen molar-refractivity contribution < 1.29 is 19.4 Å². The minimum Gasteiger partial charge on any atom is -0.460 e. The van der Waals surface area contributed by atoms with Crippen LogP contribution in [0.1, 0.15) is 39.0 Å². The van der Waals surface area contributed by atoms with Gasteiger partial charge in [0, 0.05) is 6.08 Å². The number of ketones is 1. The molecule has 0 aromatic rings. The summed E-state index contributed by atoms with van der Waals surface area (Å²) >= 11 is 0. The molecule has 1 rings (SSSR count). The standard InChI is InChI=1S/C12H18O4/c1-9-5-3-2-4-6-10(13)11(14)7-8-12(15)16-9/h7-10,13H,2-6H2,1H3/b8-7+/t9-,10+/m1/s1. The Labute approximate surface area is 95.3 Å². The van der Waals surface area contributed by atoms with Gasteiger partial charge in [-0.05, 0) is 32.3 Å². The second-order valence-corrected chi connectivity index (χ2v) is 4.14. The summed E-state index contributed by atoms with van der Waals surface area (Å²) in [6.45, 7) is 1.84. The molecule has 4 heteroatoms. The molecular formula is C12H18O4. The molecule has 0 saturated heterocycles. The molecule has 90 valence electrons. The van der Waals surface area contributed by atoms with Crippen molar-refractivity contribution in [2.75, 3.05) is 0 Å². The summed E-state index contributed by atoms with van der Waals surface area (Å²) < 4.78 is 5.05. The van der Waals surface area contributed by atoms with Crippen LogP contribution in [0.3, 0.4) is 0 Å².